The van der Waals surface area contributed by atoms with Gasteiger partial charge in [0.25, 0.3) is 0 Å². The molecule has 0 saturated carbocycles. The van der Waals surface area contributed by atoms with Crippen LogP contribution in [0.3, 0.4) is 0 Å². The number of nitrogens with zero attached hydrogens (tertiary/aromatic N) is 2. The zero-order valence-electron chi connectivity index (χ0n) is 18.9. The SMILES string of the molecule is CC(C)(c1ccccc1)c1ccc(OC[C@@H](O)Cn2c(CC(N)=O)nc3ccccc32)cc1. The fraction of sp³-hybridized carbons (Fsp3) is 0.259. The molecule has 1 heterocycles. The molecule has 0 fully saturated rings. The minimum absolute atomic E-state index is 0.0148. The van der Waals surface area contributed by atoms with Gasteiger partial charge in [-0.25, -0.2) is 4.98 Å². The van der Waals surface area contributed by atoms with E-state index in [-0.39, 0.29) is 25.0 Å². The number of aliphatic hydroxyl groups is 1. The second-order valence-corrected chi connectivity index (χ2v) is 8.75. The number of primary amides is 1. The quantitative estimate of drug-likeness (QED) is 0.411. The number of imidazole rings is 1. The van der Waals surface area contributed by atoms with Crippen LogP contribution in [0.25, 0.3) is 11.0 Å². The Morgan fingerprint density at radius 2 is 1.64 bits per heavy atom. The normalized spacial score (nSPS) is 12.6. The van der Waals surface area contributed by atoms with E-state index in [9.17, 15) is 9.90 Å². The summed E-state index contributed by atoms with van der Waals surface area (Å²) in [4.78, 5) is 16.0. The number of para-hydroxylation sites is 2. The second-order valence-electron chi connectivity index (χ2n) is 8.75. The number of amides is 1. The van der Waals surface area contributed by atoms with Crippen molar-refractivity contribution in [1.82, 2.24) is 9.55 Å². The van der Waals surface area contributed by atoms with Crippen molar-refractivity contribution in [2.45, 2.75) is 38.3 Å². The van der Waals surface area contributed by atoms with Gasteiger partial charge >= 0.3 is 0 Å². The molecule has 4 rings (SSSR count). The maximum atomic E-state index is 11.5. The smallest absolute Gasteiger partial charge is 0.225 e. The summed E-state index contributed by atoms with van der Waals surface area (Å²) < 4.78 is 7.68. The number of hydrogen-bond donors (Lipinski definition) is 2. The number of hydrogen-bond acceptors (Lipinski definition) is 4. The van der Waals surface area contributed by atoms with Gasteiger partial charge in [0.15, 0.2) is 0 Å². The molecule has 0 radical (unpaired) electrons. The van der Waals surface area contributed by atoms with Gasteiger partial charge in [-0.2, -0.15) is 0 Å². The summed E-state index contributed by atoms with van der Waals surface area (Å²) in [5.41, 5.74) is 9.29. The first-order chi connectivity index (χ1) is 15.8. The van der Waals surface area contributed by atoms with Gasteiger partial charge in [0.1, 0.15) is 24.3 Å². The van der Waals surface area contributed by atoms with Crippen molar-refractivity contribution >= 4 is 16.9 Å². The Labute approximate surface area is 193 Å². The molecule has 0 spiro atoms. The third-order valence-corrected chi connectivity index (χ3v) is 5.97. The summed E-state index contributed by atoms with van der Waals surface area (Å²) in [6, 6.07) is 25.9. The number of carbonyl (C=O) groups excluding carboxylic acids is 1. The van der Waals surface area contributed by atoms with Crippen LogP contribution in [-0.4, -0.2) is 33.3 Å². The highest BCUT2D eigenvalue weighted by Gasteiger charge is 2.23. The Hall–Kier alpha value is -3.64. The van der Waals surface area contributed by atoms with Crippen LogP contribution >= 0.6 is 0 Å². The van der Waals surface area contributed by atoms with E-state index in [1.165, 1.54) is 11.1 Å². The van der Waals surface area contributed by atoms with Crippen molar-refractivity contribution in [3.8, 4) is 5.75 Å². The Kier molecular flexibility index (Phi) is 6.47. The minimum atomic E-state index is -0.783. The van der Waals surface area contributed by atoms with Crippen molar-refractivity contribution in [2.75, 3.05) is 6.61 Å². The summed E-state index contributed by atoms with van der Waals surface area (Å²) in [7, 11) is 0. The monoisotopic (exact) mass is 443 g/mol. The third-order valence-electron chi connectivity index (χ3n) is 5.97. The molecule has 33 heavy (non-hydrogen) atoms. The van der Waals surface area contributed by atoms with Crippen molar-refractivity contribution < 1.29 is 14.6 Å². The van der Waals surface area contributed by atoms with Crippen LogP contribution in [0, 0.1) is 0 Å². The largest absolute Gasteiger partial charge is 0.491 e. The maximum Gasteiger partial charge on any atom is 0.225 e. The first-order valence-corrected chi connectivity index (χ1v) is 11.0. The fourth-order valence-electron chi connectivity index (χ4n) is 4.07. The summed E-state index contributed by atoms with van der Waals surface area (Å²) in [5.74, 6) is 0.764. The van der Waals surface area contributed by atoms with E-state index in [1.54, 1.807) is 0 Å². The van der Waals surface area contributed by atoms with E-state index in [0.29, 0.717) is 11.6 Å². The maximum absolute atomic E-state index is 11.5. The molecule has 6 heteroatoms. The van der Waals surface area contributed by atoms with Crippen molar-refractivity contribution in [2.24, 2.45) is 5.73 Å². The number of ether oxygens (including phenoxy) is 1. The lowest BCUT2D eigenvalue weighted by atomic mass is 9.78. The van der Waals surface area contributed by atoms with E-state index in [2.05, 4.69) is 43.1 Å². The molecule has 3 N–H and O–H groups in total. The van der Waals surface area contributed by atoms with Gasteiger partial charge in [-0.15, -0.1) is 0 Å². The molecule has 0 aliphatic heterocycles. The summed E-state index contributed by atoms with van der Waals surface area (Å²) >= 11 is 0. The molecule has 1 aromatic heterocycles. The van der Waals surface area contributed by atoms with Crippen molar-refractivity contribution in [3.05, 3.63) is 95.8 Å². The lowest BCUT2D eigenvalue weighted by molar-refractivity contribution is -0.117. The van der Waals surface area contributed by atoms with E-state index in [0.717, 1.165) is 11.0 Å². The highest BCUT2D eigenvalue weighted by molar-refractivity contribution is 5.80. The topological polar surface area (TPSA) is 90.4 Å². The second kappa shape index (κ2) is 9.46. The standard InChI is InChI=1S/C27H29N3O3/c1-27(2,19-8-4-3-5-9-19)20-12-14-22(15-13-20)33-18-21(31)17-30-24-11-7-6-10-23(24)29-26(30)16-25(28)32/h3-15,21,31H,16-18H2,1-2H3,(H2,28,32)/t21-/m0/s1. The number of benzene rings is 3. The van der Waals surface area contributed by atoms with E-state index >= 15 is 0 Å². The van der Waals surface area contributed by atoms with Crippen LogP contribution in [0.5, 0.6) is 5.75 Å². The molecule has 0 unspecified atom stereocenters. The van der Waals surface area contributed by atoms with Gasteiger partial charge in [0, 0.05) is 5.41 Å². The van der Waals surface area contributed by atoms with Crippen molar-refractivity contribution in [3.63, 3.8) is 0 Å². The number of carbonyl (C=O) groups is 1. The molecule has 0 aliphatic carbocycles. The summed E-state index contributed by atoms with van der Waals surface area (Å²) in [6.45, 7) is 4.76. The average molecular weight is 444 g/mol. The van der Waals surface area contributed by atoms with Crippen LogP contribution in [0.4, 0.5) is 0 Å². The molecule has 4 aromatic rings. The number of aliphatic hydroxyl groups excluding tert-OH is 1. The van der Waals surface area contributed by atoms with Crippen LogP contribution in [0.15, 0.2) is 78.9 Å². The van der Waals surface area contributed by atoms with Gasteiger partial charge < -0.3 is 20.1 Å². The Morgan fingerprint density at radius 1 is 1.00 bits per heavy atom. The molecule has 6 nitrogen and oxygen atoms in total. The number of nitrogens with two attached hydrogens (primary N) is 1. The van der Waals surface area contributed by atoms with Gasteiger partial charge in [0.2, 0.25) is 5.91 Å². The van der Waals surface area contributed by atoms with Gasteiger partial charge in [0.05, 0.1) is 24.0 Å². The van der Waals surface area contributed by atoms with E-state index in [4.69, 9.17) is 10.5 Å². The molecule has 1 atom stereocenters. The Morgan fingerprint density at radius 3 is 2.33 bits per heavy atom. The summed E-state index contributed by atoms with van der Waals surface area (Å²) in [6.07, 6.45) is -0.768. The van der Waals surface area contributed by atoms with E-state index in [1.807, 2.05) is 59.2 Å². The zero-order valence-corrected chi connectivity index (χ0v) is 18.9. The van der Waals surface area contributed by atoms with Gasteiger partial charge in [-0.05, 0) is 35.4 Å². The van der Waals surface area contributed by atoms with Crippen LogP contribution in [0.2, 0.25) is 0 Å². The lowest BCUT2D eigenvalue weighted by Gasteiger charge is -2.26. The lowest BCUT2D eigenvalue weighted by Crippen LogP contribution is -2.26. The molecule has 1 amide bonds. The zero-order chi connectivity index (χ0) is 23.4. The highest BCUT2D eigenvalue weighted by atomic mass is 16.5. The molecular formula is C27H29N3O3. The van der Waals surface area contributed by atoms with Crippen molar-refractivity contribution in [1.29, 1.82) is 0 Å². The van der Waals surface area contributed by atoms with Gasteiger partial charge in [-0.3, -0.25) is 4.79 Å². The Bertz CT molecular complexity index is 1230. The van der Waals surface area contributed by atoms with Gasteiger partial charge in [-0.1, -0.05) is 68.4 Å². The predicted octanol–water partition coefficient (Wildman–Crippen LogP) is 3.83. The summed E-state index contributed by atoms with van der Waals surface area (Å²) in [5, 5.41) is 10.6. The van der Waals surface area contributed by atoms with E-state index < -0.39 is 12.0 Å². The fourth-order valence-corrected chi connectivity index (χ4v) is 4.07. The first kappa shape index (κ1) is 22.6. The third kappa shape index (κ3) is 5.07. The molecule has 0 aliphatic rings. The predicted molar refractivity (Wildman–Crippen MR) is 129 cm³/mol. The first-order valence-electron chi connectivity index (χ1n) is 11.0. The van der Waals surface area contributed by atoms with Crippen LogP contribution < -0.4 is 10.5 Å². The molecule has 0 saturated heterocycles. The van der Waals surface area contributed by atoms with Crippen LogP contribution in [-0.2, 0) is 23.2 Å². The highest BCUT2D eigenvalue weighted by Crippen LogP contribution is 2.32. The Balaban J connectivity index is 1.43. The minimum Gasteiger partial charge on any atom is -0.491 e. The number of rotatable bonds is 9. The average Bonchev–Trinajstić information content (AvgIpc) is 3.14. The molecule has 0 bridgehead atoms. The molecular weight excluding hydrogens is 414 g/mol. The number of fused-ring (bicyclic) bond motifs is 1. The van der Waals surface area contributed by atoms with Crippen LogP contribution in [0.1, 0.15) is 30.8 Å². The molecule has 3 aromatic carbocycles. The molecule has 170 valence electrons. The number of aromatic nitrogens is 2.